The van der Waals surface area contributed by atoms with Gasteiger partial charge >= 0.3 is 0 Å². The molecule has 3 heterocycles. The van der Waals surface area contributed by atoms with Gasteiger partial charge in [0.25, 0.3) is 5.91 Å². The Balaban J connectivity index is 1.68. The summed E-state index contributed by atoms with van der Waals surface area (Å²) < 4.78 is 19.4. The molecule has 0 unspecified atom stereocenters. The van der Waals surface area contributed by atoms with E-state index in [9.17, 15) is 19.1 Å². The molecule has 31 heavy (non-hydrogen) atoms. The van der Waals surface area contributed by atoms with Crippen LogP contribution in [-0.2, 0) is 4.79 Å². The van der Waals surface area contributed by atoms with E-state index in [0.717, 1.165) is 11.3 Å². The van der Waals surface area contributed by atoms with Gasteiger partial charge in [-0.25, -0.2) is 9.37 Å². The Morgan fingerprint density at radius 3 is 2.68 bits per heavy atom. The van der Waals surface area contributed by atoms with Gasteiger partial charge in [-0.05, 0) is 48.0 Å². The lowest BCUT2D eigenvalue weighted by Crippen LogP contribution is -2.30. The van der Waals surface area contributed by atoms with Crippen molar-refractivity contribution in [3.8, 4) is 0 Å². The van der Waals surface area contributed by atoms with Crippen LogP contribution in [0.1, 0.15) is 22.2 Å². The number of anilines is 1. The van der Waals surface area contributed by atoms with Gasteiger partial charge in [-0.3, -0.25) is 14.5 Å². The molecule has 1 N–H and O–H groups in total. The summed E-state index contributed by atoms with van der Waals surface area (Å²) in [5.74, 6) is -2.53. The molecular weight excluding hydrogens is 443 g/mol. The van der Waals surface area contributed by atoms with Crippen LogP contribution >= 0.6 is 22.9 Å². The predicted octanol–water partition coefficient (Wildman–Crippen LogP) is 5.46. The lowest BCUT2D eigenvalue weighted by atomic mass is 9.95. The van der Waals surface area contributed by atoms with Crippen LogP contribution < -0.4 is 4.90 Å². The normalized spacial score (nSPS) is 16.5. The Bertz CT molecular complexity index is 1360. The van der Waals surface area contributed by atoms with E-state index in [1.165, 1.54) is 35.4 Å². The number of aliphatic hydroxyl groups is 1. The maximum absolute atomic E-state index is 13.6. The largest absolute Gasteiger partial charge is 0.503 e. The Labute approximate surface area is 183 Å². The van der Waals surface area contributed by atoms with Crippen LogP contribution in [0, 0.1) is 5.82 Å². The number of fused-ring (bicyclic) bond motifs is 1. The second-order valence-corrected chi connectivity index (χ2v) is 8.25. The zero-order valence-electron chi connectivity index (χ0n) is 15.6. The van der Waals surface area contributed by atoms with Crippen LogP contribution in [0.2, 0.25) is 5.02 Å². The SMILES string of the molecule is O=C(C1=C(O)C(=O)N(c2nc3ccc(F)cc3s2)[C@H]1c1ccc(Cl)cc1)c1ccco1. The van der Waals surface area contributed by atoms with Crippen LogP contribution in [0.25, 0.3) is 10.2 Å². The molecule has 1 aliphatic rings. The molecule has 9 heteroatoms. The lowest BCUT2D eigenvalue weighted by Gasteiger charge is -2.24. The second-order valence-electron chi connectivity index (χ2n) is 6.81. The molecule has 2 aromatic carbocycles. The minimum absolute atomic E-state index is 0.0125. The third kappa shape index (κ3) is 3.20. The third-order valence-corrected chi connectivity index (χ3v) is 6.20. The molecule has 4 aromatic rings. The predicted molar refractivity (Wildman–Crippen MR) is 114 cm³/mol. The van der Waals surface area contributed by atoms with E-state index >= 15 is 0 Å². The molecule has 1 aliphatic heterocycles. The highest BCUT2D eigenvalue weighted by atomic mass is 35.5. The molecular formula is C22H12ClFN2O4S. The van der Waals surface area contributed by atoms with E-state index in [1.54, 1.807) is 30.3 Å². The number of aliphatic hydroxyl groups excluding tert-OH is 1. The van der Waals surface area contributed by atoms with Crippen LogP contribution in [0.3, 0.4) is 0 Å². The number of benzene rings is 2. The van der Waals surface area contributed by atoms with E-state index in [0.29, 0.717) is 20.8 Å². The molecule has 6 nitrogen and oxygen atoms in total. The average molecular weight is 455 g/mol. The molecule has 0 fully saturated rings. The number of carbonyl (C=O) groups excluding carboxylic acids is 2. The van der Waals surface area contributed by atoms with Crippen molar-refractivity contribution in [2.45, 2.75) is 6.04 Å². The lowest BCUT2D eigenvalue weighted by molar-refractivity contribution is -0.117. The van der Waals surface area contributed by atoms with Crippen molar-refractivity contribution in [1.82, 2.24) is 4.98 Å². The second kappa shape index (κ2) is 7.33. The first-order valence-electron chi connectivity index (χ1n) is 9.10. The van der Waals surface area contributed by atoms with Crippen molar-refractivity contribution in [3.63, 3.8) is 0 Å². The van der Waals surface area contributed by atoms with E-state index in [4.69, 9.17) is 16.0 Å². The van der Waals surface area contributed by atoms with Gasteiger partial charge in [-0.1, -0.05) is 35.1 Å². The summed E-state index contributed by atoms with van der Waals surface area (Å²) >= 11 is 7.09. The van der Waals surface area contributed by atoms with Crippen molar-refractivity contribution < 1.29 is 23.5 Å². The molecule has 0 aliphatic carbocycles. The quantitative estimate of drug-likeness (QED) is 0.414. The Morgan fingerprint density at radius 2 is 1.97 bits per heavy atom. The fourth-order valence-electron chi connectivity index (χ4n) is 3.52. The van der Waals surface area contributed by atoms with Crippen LogP contribution in [0.5, 0.6) is 0 Å². The summed E-state index contributed by atoms with van der Waals surface area (Å²) in [4.78, 5) is 31.9. The van der Waals surface area contributed by atoms with E-state index in [-0.39, 0.29) is 16.5 Å². The average Bonchev–Trinajstić information content (AvgIpc) is 3.47. The van der Waals surface area contributed by atoms with E-state index in [2.05, 4.69) is 4.98 Å². The molecule has 0 radical (unpaired) electrons. The zero-order chi connectivity index (χ0) is 21.7. The first-order valence-corrected chi connectivity index (χ1v) is 10.3. The van der Waals surface area contributed by atoms with Crippen molar-refractivity contribution in [1.29, 1.82) is 0 Å². The maximum Gasteiger partial charge on any atom is 0.296 e. The molecule has 154 valence electrons. The number of aromatic nitrogens is 1. The van der Waals surface area contributed by atoms with Crippen molar-refractivity contribution >= 4 is 50.0 Å². The maximum atomic E-state index is 13.6. The number of Topliss-reactive ketones (excluding diaryl/α,β-unsaturated/α-hetero) is 1. The van der Waals surface area contributed by atoms with Crippen molar-refractivity contribution in [2.24, 2.45) is 0 Å². The Hall–Kier alpha value is -3.49. The first kappa shape index (κ1) is 19.5. The highest BCUT2D eigenvalue weighted by molar-refractivity contribution is 7.22. The summed E-state index contributed by atoms with van der Waals surface area (Å²) in [5, 5.41) is 11.4. The number of ketones is 1. The highest BCUT2D eigenvalue weighted by Gasteiger charge is 2.46. The number of nitrogens with zero attached hydrogens (tertiary/aromatic N) is 2. The van der Waals surface area contributed by atoms with Gasteiger partial charge in [0, 0.05) is 5.02 Å². The summed E-state index contributed by atoms with van der Waals surface area (Å²) in [7, 11) is 0. The Morgan fingerprint density at radius 1 is 1.19 bits per heavy atom. The number of thiazole rings is 1. The van der Waals surface area contributed by atoms with Crippen LogP contribution in [0.4, 0.5) is 9.52 Å². The number of rotatable bonds is 4. The van der Waals surface area contributed by atoms with Gasteiger partial charge in [-0.2, -0.15) is 0 Å². The zero-order valence-corrected chi connectivity index (χ0v) is 17.2. The standard InChI is InChI=1S/C22H12ClFN2O4S/c23-12-5-3-11(4-6-12)18-17(19(27)15-2-1-9-30-15)20(28)21(29)26(18)22-25-14-8-7-13(24)10-16(14)31-22/h1-10,18,28H/t18-/m0/s1. The summed E-state index contributed by atoms with van der Waals surface area (Å²) in [6, 6.07) is 12.7. The minimum atomic E-state index is -0.965. The topological polar surface area (TPSA) is 83.6 Å². The van der Waals surface area contributed by atoms with Gasteiger partial charge in [0.2, 0.25) is 5.78 Å². The van der Waals surface area contributed by atoms with Gasteiger partial charge in [-0.15, -0.1) is 0 Å². The monoisotopic (exact) mass is 454 g/mol. The fraction of sp³-hybridized carbons (Fsp3) is 0.0455. The van der Waals surface area contributed by atoms with Crippen LogP contribution in [-0.4, -0.2) is 21.8 Å². The number of amides is 1. The number of hydrogen-bond donors (Lipinski definition) is 1. The van der Waals surface area contributed by atoms with Crippen molar-refractivity contribution in [2.75, 3.05) is 4.90 Å². The number of hydrogen-bond acceptors (Lipinski definition) is 6. The summed E-state index contributed by atoms with van der Waals surface area (Å²) in [6.07, 6.45) is 1.33. The van der Waals surface area contributed by atoms with Gasteiger partial charge < -0.3 is 9.52 Å². The molecule has 2 aromatic heterocycles. The number of furan rings is 1. The van der Waals surface area contributed by atoms with Gasteiger partial charge in [0.15, 0.2) is 16.7 Å². The molecule has 0 saturated heterocycles. The fourth-order valence-corrected chi connectivity index (χ4v) is 4.67. The minimum Gasteiger partial charge on any atom is -0.503 e. The third-order valence-electron chi connectivity index (χ3n) is 4.93. The summed E-state index contributed by atoms with van der Waals surface area (Å²) in [6.45, 7) is 0. The Kier molecular flexibility index (Phi) is 4.60. The van der Waals surface area contributed by atoms with Crippen molar-refractivity contribution in [3.05, 3.63) is 94.4 Å². The first-order chi connectivity index (χ1) is 14.9. The summed E-state index contributed by atoms with van der Waals surface area (Å²) in [5.41, 5.74) is 0.907. The van der Waals surface area contributed by atoms with Crippen LogP contribution in [0.15, 0.2) is 76.6 Å². The van der Waals surface area contributed by atoms with E-state index in [1.807, 2.05) is 0 Å². The molecule has 0 saturated carbocycles. The molecule has 1 atom stereocenters. The van der Waals surface area contributed by atoms with Gasteiger partial charge in [0.1, 0.15) is 5.82 Å². The number of carbonyl (C=O) groups is 2. The van der Waals surface area contributed by atoms with Gasteiger partial charge in [0.05, 0.1) is 28.1 Å². The molecule has 5 rings (SSSR count). The number of halogens is 2. The molecule has 0 bridgehead atoms. The smallest absolute Gasteiger partial charge is 0.296 e. The molecule has 0 spiro atoms. The van der Waals surface area contributed by atoms with E-state index < -0.39 is 29.3 Å². The highest BCUT2D eigenvalue weighted by Crippen LogP contribution is 2.44. The molecule has 1 amide bonds.